The van der Waals surface area contributed by atoms with Crippen LogP contribution in [0.1, 0.15) is 32.0 Å². The summed E-state index contributed by atoms with van der Waals surface area (Å²) in [5, 5.41) is 3.51. The first-order valence-electron chi connectivity index (χ1n) is 12.4. The Hall–Kier alpha value is -3.98. The second kappa shape index (κ2) is 12.3. The van der Waals surface area contributed by atoms with Crippen LogP contribution in [0.5, 0.6) is 17.2 Å². The Bertz CT molecular complexity index is 1420. The van der Waals surface area contributed by atoms with Crippen LogP contribution in [-0.2, 0) is 10.2 Å². The fraction of sp³-hybridized carbons (Fsp3) is 0.267. The number of hydrogen-bond donors (Lipinski definition) is 1. The maximum Gasteiger partial charge on any atom is 0.221 e. The molecule has 0 fully saturated rings. The maximum atomic E-state index is 13.8. The van der Waals surface area contributed by atoms with Gasteiger partial charge in [-0.2, -0.15) is 0 Å². The van der Waals surface area contributed by atoms with Gasteiger partial charge in [0.05, 0.1) is 32.7 Å². The van der Waals surface area contributed by atoms with Gasteiger partial charge in [0.15, 0.2) is 16.7 Å². The Morgan fingerprint density at radius 1 is 1.00 bits per heavy atom. The van der Waals surface area contributed by atoms with E-state index in [0.29, 0.717) is 29.6 Å². The monoisotopic (exact) mass is 549 g/mol. The second-order valence-corrected chi connectivity index (χ2v) is 10.4. The van der Waals surface area contributed by atoms with E-state index in [4.69, 9.17) is 19.2 Å². The molecule has 0 radical (unpaired) electrons. The smallest absolute Gasteiger partial charge is 0.221 e. The van der Waals surface area contributed by atoms with Crippen LogP contribution in [0, 0.1) is 5.82 Å². The molecule has 7 nitrogen and oxygen atoms in total. The van der Waals surface area contributed by atoms with E-state index in [1.807, 2.05) is 36.5 Å². The van der Waals surface area contributed by atoms with E-state index in [1.165, 1.54) is 19.1 Å². The molecule has 0 bridgehead atoms. The standard InChI is InChI=1S/C30H32FN3O4S/c1-20(35)33-23-9-13-25(14-10-23)38-16-17-39-29-32-19-28(34(29)24-11-7-22(31)8-12-24)30(2,3)21-6-15-26(36-4)27(18-21)37-5/h6-15,18-19H,16-17H2,1-5H3,(H,33,35). The van der Waals surface area contributed by atoms with Crippen molar-refractivity contribution < 1.29 is 23.4 Å². The van der Waals surface area contributed by atoms with Gasteiger partial charge < -0.3 is 19.5 Å². The Morgan fingerprint density at radius 2 is 1.69 bits per heavy atom. The molecule has 4 rings (SSSR count). The molecule has 0 aliphatic heterocycles. The number of methoxy groups -OCH3 is 2. The highest BCUT2D eigenvalue weighted by Crippen LogP contribution is 2.39. The Balaban J connectivity index is 1.57. The Morgan fingerprint density at radius 3 is 2.33 bits per heavy atom. The predicted molar refractivity (Wildman–Crippen MR) is 152 cm³/mol. The van der Waals surface area contributed by atoms with Crippen LogP contribution in [0.15, 0.2) is 78.1 Å². The van der Waals surface area contributed by atoms with Gasteiger partial charge in [0.25, 0.3) is 0 Å². The second-order valence-electron chi connectivity index (χ2n) is 9.34. The van der Waals surface area contributed by atoms with Crippen molar-refractivity contribution in [3.8, 4) is 22.9 Å². The normalized spacial score (nSPS) is 11.2. The summed E-state index contributed by atoms with van der Waals surface area (Å²) in [4.78, 5) is 16.0. The third kappa shape index (κ3) is 6.54. The highest BCUT2D eigenvalue weighted by molar-refractivity contribution is 7.99. The molecule has 1 N–H and O–H groups in total. The van der Waals surface area contributed by atoms with Gasteiger partial charge >= 0.3 is 0 Å². The molecule has 0 aliphatic rings. The largest absolute Gasteiger partial charge is 0.493 e. The first-order chi connectivity index (χ1) is 18.7. The van der Waals surface area contributed by atoms with Crippen LogP contribution in [-0.4, -0.2) is 42.0 Å². The summed E-state index contributed by atoms with van der Waals surface area (Å²) in [6.45, 7) is 6.16. The van der Waals surface area contributed by atoms with Crippen molar-refractivity contribution in [3.63, 3.8) is 0 Å². The number of halogens is 1. The minimum atomic E-state index is -0.466. The van der Waals surface area contributed by atoms with Crippen molar-refractivity contribution >= 4 is 23.4 Å². The minimum Gasteiger partial charge on any atom is -0.493 e. The molecule has 0 spiro atoms. The average molecular weight is 550 g/mol. The lowest BCUT2D eigenvalue weighted by molar-refractivity contribution is -0.114. The summed E-state index contributed by atoms with van der Waals surface area (Å²) < 4.78 is 32.7. The summed E-state index contributed by atoms with van der Waals surface area (Å²) >= 11 is 1.55. The van der Waals surface area contributed by atoms with Gasteiger partial charge in [-0.05, 0) is 66.2 Å². The number of carbonyl (C=O) groups is 1. The third-order valence-electron chi connectivity index (χ3n) is 6.32. The molecular formula is C30H32FN3O4S. The molecule has 39 heavy (non-hydrogen) atoms. The number of rotatable bonds is 11. The fourth-order valence-corrected chi connectivity index (χ4v) is 5.03. The van der Waals surface area contributed by atoms with Crippen LogP contribution < -0.4 is 19.5 Å². The number of ether oxygens (including phenoxy) is 3. The van der Waals surface area contributed by atoms with Gasteiger partial charge in [-0.3, -0.25) is 9.36 Å². The summed E-state index contributed by atoms with van der Waals surface area (Å²) in [5.74, 6) is 2.24. The SMILES string of the molecule is COc1ccc(C(C)(C)c2cnc(SCCOc3ccc(NC(C)=O)cc3)n2-c2ccc(F)cc2)cc1OC. The summed E-state index contributed by atoms with van der Waals surface area (Å²) in [5.41, 5.74) is 3.03. The molecule has 1 aromatic heterocycles. The number of imidazole rings is 1. The fourth-order valence-electron chi connectivity index (χ4n) is 4.22. The van der Waals surface area contributed by atoms with E-state index in [9.17, 15) is 9.18 Å². The molecule has 0 saturated carbocycles. The van der Waals surface area contributed by atoms with Crippen molar-refractivity contribution in [1.29, 1.82) is 0 Å². The van der Waals surface area contributed by atoms with Gasteiger partial charge in [-0.25, -0.2) is 9.37 Å². The highest BCUT2D eigenvalue weighted by Gasteiger charge is 2.30. The number of nitrogens with one attached hydrogen (secondary N) is 1. The van der Waals surface area contributed by atoms with Crippen LogP contribution in [0.3, 0.4) is 0 Å². The van der Waals surface area contributed by atoms with Crippen molar-refractivity contribution in [2.75, 3.05) is 31.9 Å². The molecule has 204 valence electrons. The lowest BCUT2D eigenvalue weighted by atomic mass is 9.81. The van der Waals surface area contributed by atoms with Crippen LogP contribution in [0.25, 0.3) is 5.69 Å². The molecule has 0 aliphatic carbocycles. The van der Waals surface area contributed by atoms with Gasteiger partial charge in [0.1, 0.15) is 11.6 Å². The van der Waals surface area contributed by atoms with E-state index >= 15 is 0 Å². The van der Waals surface area contributed by atoms with Crippen LogP contribution >= 0.6 is 11.8 Å². The zero-order valence-electron chi connectivity index (χ0n) is 22.7. The van der Waals surface area contributed by atoms with Crippen molar-refractivity contribution in [2.45, 2.75) is 31.3 Å². The number of benzene rings is 3. The molecular weight excluding hydrogens is 517 g/mol. The molecule has 0 atom stereocenters. The van der Waals surface area contributed by atoms with E-state index in [2.05, 4.69) is 23.7 Å². The average Bonchev–Trinajstić information content (AvgIpc) is 3.36. The van der Waals surface area contributed by atoms with Crippen molar-refractivity contribution in [1.82, 2.24) is 9.55 Å². The van der Waals surface area contributed by atoms with Gasteiger partial charge in [-0.1, -0.05) is 31.7 Å². The van der Waals surface area contributed by atoms with Crippen LogP contribution in [0.2, 0.25) is 0 Å². The number of anilines is 1. The number of carbonyl (C=O) groups excluding carboxylic acids is 1. The Kier molecular flexibility index (Phi) is 8.81. The van der Waals surface area contributed by atoms with Crippen molar-refractivity contribution in [2.24, 2.45) is 0 Å². The maximum absolute atomic E-state index is 13.8. The minimum absolute atomic E-state index is 0.120. The van der Waals surface area contributed by atoms with E-state index < -0.39 is 5.41 Å². The van der Waals surface area contributed by atoms with Crippen LogP contribution in [0.4, 0.5) is 10.1 Å². The van der Waals surface area contributed by atoms with Gasteiger partial charge in [0.2, 0.25) is 5.91 Å². The topological polar surface area (TPSA) is 74.6 Å². The van der Waals surface area contributed by atoms with Gasteiger partial charge in [-0.15, -0.1) is 0 Å². The van der Waals surface area contributed by atoms with Gasteiger partial charge in [0, 0.05) is 29.5 Å². The quantitative estimate of drug-likeness (QED) is 0.170. The highest BCUT2D eigenvalue weighted by atomic mass is 32.2. The first kappa shape index (κ1) is 28.0. The number of amides is 1. The van der Waals surface area contributed by atoms with E-state index in [-0.39, 0.29) is 11.7 Å². The molecule has 4 aromatic rings. The third-order valence-corrected chi connectivity index (χ3v) is 7.23. The summed E-state index contributed by atoms with van der Waals surface area (Å²) in [6.07, 6.45) is 1.87. The number of aromatic nitrogens is 2. The number of hydrogen-bond acceptors (Lipinski definition) is 6. The van der Waals surface area contributed by atoms with E-state index in [1.54, 1.807) is 50.2 Å². The zero-order chi connectivity index (χ0) is 28.0. The number of nitrogens with zero attached hydrogens (tertiary/aromatic N) is 2. The molecule has 0 saturated heterocycles. The summed E-state index contributed by atoms with van der Waals surface area (Å²) in [6, 6.07) is 19.5. The lowest BCUT2D eigenvalue weighted by Gasteiger charge is -2.28. The first-order valence-corrected chi connectivity index (χ1v) is 13.4. The molecule has 3 aromatic carbocycles. The zero-order valence-corrected chi connectivity index (χ0v) is 23.5. The predicted octanol–water partition coefficient (Wildman–Crippen LogP) is 6.48. The molecule has 9 heteroatoms. The Labute approximate surface area is 232 Å². The molecule has 0 unspecified atom stereocenters. The molecule has 1 heterocycles. The summed E-state index contributed by atoms with van der Waals surface area (Å²) in [7, 11) is 3.23. The molecule has 1 amide bonds. The number of thioether (sulfide) groups is 1. The van der Waals surface area contributed by atoms with E-state index in [0.717, 1.165) is 27.8 Å². The lowest BCUT2D eigenvalue weighted by Crippen LogP contribution is -2.23. The van der Waals surface area contributed by atoms with Crippen molar-refractivity contribution in [3.05, 3.63) is 90.0 Å².